The Hall–Kier alpha value is -0.930. The number of rotatable bonds is 1. The molecule has 0 amide bonds. The molecule has 0 atom stereocenters. The van der Waals surface area contributed by atoms with Crippen LogP contribution in [0.3, 0.4) is 0 Å². The van der Waals surface area contributed by atoms with E-state index in [-0.39, 0.29) is 0 Å². The van der Waals surface area contributed by atoms with Gasteiger partial charge in [0.05, 0.1) is 5.69 Å². The van der Waals surface area contributed by atoms with E-state index in [0.717, 1.165) is 42.8 Å². The Morgan fingerprint density at radius 2 is 2.00 bits per heavy atom. The fourth-order valence-corrected chi connectivity index (χ4v) is 2.28. The maximum Gasteiger partial charge on any atom is 0.109 e. The van der Waals surface area contributed by atoms with Gasteiger partial charge in [-0.2, -0.15) is 0 Å². The number of aromatic nitrogens is 1. The smallest absolute Gasteiger partial charge is 0.109 e. The van der Waals surface area contributed by atoms with E-state index in [4.69, 9.17) is 0 Å². The fraction of sp³-hybridized carbons (Fsp3) is 0.583. The lowest BCUT2D eigenvalue weighted by Crippen LogP contribution is -2.40. The molecule has 0 spiro atoms. The SMILES string of the molecule is Cc1cnc(C2(O)CCNCC2)c(C)c1. The Bertz CT molecular complexity index is 357. The molecule has 1 aliphatic heterocycles. The van der Waals surface area contributed by atoms with Crippen LogP contribution in [0.4, 0.5) is 0 Å². The van der Waals surface area contributed by atoms with E-state index in [1.807, 2.05) is 20.0 Å². The van der Waals surface area contributed by atoms with E-state index >= 15 is 0 Å². The summed E-state index contributed by atoms with van der Waals surface area (Å²) in [5, 5.41) is 13.8. The molecule has 3 nitrogen and oxygen atoms in total. The molecular formula is C12H18N2O. The van der Waals surface area contributed by atoms with Crippen molar-refractivity contribution in [2.75, 3.05) is 13.1 Å². The van der Waals surface area contributed by atoms with Crippen molar-refractivity contribution in [1.82, 2.24) is 10.3 Å². The molecule has 0 radical (unpaired) electrons. The van der Waals surface area contributed by atoms with Gasteiger partial charge >= 0.3 is 0 Å². The molecule has 15 heavy (non-hydrogen) atoms. The zero-order valence-corrected chi connectivity index (χ0v) is 9.38. The van der Waals surface area contributed by atoms with Crippen molar-refractivity contribution in [3.63, 3.8) is 0 Å². The van der Waals surface area contributed by atoms with Crippen LogP contribution in [0.15, 0.2) is 12.3 Å². The van der Waals surface area contributed by atoms with Crippen LogP contribution in [-0.2, 0) is 5.60 Å². The quantitative estimate of drug-likeness (QED) is 0.727. The maximum atomic E-state index is 10.5. The second kappa shape index (κ2) is 3.91. The van der Waals surface area contributed by atoms with Crippen molar-refractivity contribution in [3.05, 3.63) is 29.1 Å². The molecular weight excluding hydrogens is 188 g/mol. The third-order valence-electron chi connectivity index (χ3n) is 3.09. The van der Waals surface area contributed by atoms with Crippen LogP contribution in [0.1, 0.15) is 29.7 Å². The Morgan fingerprint density at radius 3 is 2.60 bits per heavy atom. The third-order valence-corrected chi connectivity index (χ3v) is 3.09. The molecule has 1 aliphatic rings. The lowest BCUT2D eigenvalue weighted by molar-refractivity contribution is 0.00126. The van der Waals surface area contributed by atoms with Gasteiger partial charge in [-0.1, -0.05) is 6.07 Å². The Labute approximate surface area is 90.5 Å². The first-order valence-corrected chi connectivity index (χ1v) is 5.49. The summed E-state index contributed by atoms with van der Waals surface area (Å²) in [5.41, 5.74) is 2.38. The number of aryl methyl sites for hydroxylation is 2. The topological polar surface area (TPSA) is 45.2 Å². The Kier molecular flexibility index (Phi) is 2.76. The van der Waals surface area contributed by atoms with Crippen LogP contribution in [0.25, 0.3) is 0 Å². The molecule has 1 aromatic rings. The van der Waals surface area contributed by atoms with Crippen LogP contribution in [0.2, 0.25) is 0 Å². The van der Waals surface area contributed by atoms with Crippen molar-refractivity contribution >= 4 is 0 Å². The van der Waals surface area contributed by atoms with Gasteiger partial charge in [-0.3, -0.25) is 4.98 Å². The zero-order chi connectivity index (χ0) is 10.9. The summed E-state index contributed by atoms with van der Waals surface area (Å²) < 4.78 is 0. The van der Waals surface area contributed by atoms with Crippen LogP contribution in [0, 0.1) is 13.8 Å². The molecule has 0 unspecified atom stereocenters. The minimum atomic E-state index is -0.719. The maximum absolute atomic E-state index is 10.5. The Morgan fingerprint density at radius 1 is 1.33 bits per heavy atom. The van der Waals surface area contributed by atoms with E-state index in [0.29, 0.717) is 0 Å². The first-order chi connectivity index (χ1) is 7.12. The predicted octanol–water partition coefficient (Wildman–Crippen LogP) is 1.27. The van der Waals surface area contributed by atoms with Crippen molar-refractivity contribution in [3.8, 4) is 0 Å². The van der Waals surface area contributed by atoms with Gasteiger partial charge in [-0.25, -0.2) is 0 Å². The van der Waals surface area contributed by atoms with E-state index in [2.05, 4.69) is 16.4 Å². The van der Waals surface area contributed by atoms with Gasteiger partial charge in [0.25, 0.3) is 0 Å². The summed E-state index contributed by atoms with van der Waals surface area (Å²) in [5.74, 6) is 0. The number of aliphatic hydroxyl groups is 1. The second-order valence-electron chi connectivity index (χ2n) is 4.46. The number of hydrogen-bond acceptors (Lipinski definition) is 3. The van der Waals surface area contributed by atoms with Crippen molar-refractivity contribution in [2.45, 2.75) is 32.3 Å². The largest absolute Gasteiger partial charge is 0.383 e. The highest BCUT2D eigenvalue weighted by molar-refractivity contribution is 5.28. The highest BCUT2D eigenvalue weighted by Gasteiger charge is 2.33. The lowest BCUT2D eigenvalue weighted by atomic mass is 9.86. The van der Waals surface area contributed by atoms with Gasteiger partial charge < -0.3 is 10.4 Å². The van der Waals surface area contributed by atoms with Crippen LogP contribution < -0.4 is 5.32 Å². The Balaban J connectivity index is 2.35. The molecule has 82 valence electrons. The minimum Gasteiger partial charge on any atom is -0.383 e. The summed E-state index contributed by atoms with van der Waals surface area (Å²) in [6.07, 6.45) is 3.34. The highest BCUT2D eigenvalue weighted by atomic mass is 16.3. The monoisotopic (exact) mass is 206 g/mol. The van der Waals surface area contributed by atoms with Gasteiger partial charge in [-0.05, 0) is 50.9 Å². The van der Waals surface area contributed by atoms with Crippen LogP contribution >= 0.6 is 0 Å². The molecule has 3 heteroatoms. The van der Waals surface area contributed by atoms with E-state index in [9.17, 15) is 5.11 Å². The number of hydrogen-bond donors (Lipinski definition) is 2. The predicted molar refractivity (Wildman–Crippen MR) is 59.7 cm³/mol. The first-order valence-electron chi connectivity index (χ1n) is 5.49. The number of pyridine rings is 1. The highest BCUT2D eigenvalue weighted by Crippen LogP contribution is 2.31. The van der Waals surface area contributed by atoms with Gasteiger partial charge in [0.2, 0.25) is 0 Å². The minimum absolute atomic E-state index is 0.719. The second-order valence-corrected chi connectivity index (χ2v) is 4.46. The normalized spacial score (nSPS) is 20.2. The molecule has 0 bridgehead atoms. The molecule has 2 N–H and O–H groups in total. The number of nitrogens with one attached hydrogen (secondary N) is 1. The molecule has 0 saturated carbocycles. The average molecular weight is 206 g/mol. The first kappa shape index (κ1) is 10.6. The van der Waals surface area contributed by atoms with Crippen molar-refractivity contribution in [1.29, 1.82) is 0 Å². The summed E-state index contributed by atoms with van der Waals surface area (Å²) in [6, 6.07) is 2.09. The molecule has 1 saturated heterocycles. The van der Waals surface area contributed by atoms with Gasteiger partial charge in [0, 0.05) is 6.20 Å². The summed E-state index contributed by atoms with van der Waals surface area (Å²) in [7, 11) is 0. The fourth-order valence-electron chi connectivity index (χ4n) is 2.28. The van der Waals surface area contributed by atoms with E-state index in [1.165, 1.54) is 0 Å². The standard InChI is InChI=1S/C12H18N2O/c1-9-7-10(2)11(14-8-9)12(15)3-5-13-6-4-12/h7-8,13,15H,3-6H2,1-2H3. The number of piperidine rings is 1. The van der Waals surface area contributed by atoms with Crippen LogP contribution in [0.5, 0.6) is 0 Å². The zero-order valence-electron chi connectivity index (χ0n) is 9.38. The van der Waals surface area contributed by atoms with E-state index in [1.54, 1.807) is 0 Å². The summed E-state index contributed by atoms with van der Waals surface area (Å²) in [4.78, 5) is 4.40. The molecule has 2 heterocycles. The molecule has 1 fully saturated rings. The van der Waals surface area contributed by atoms with E-state index < -0.39 is 5.60 Å². The van der Waals surface area contributed by atoms with Crippen molar-refractivity contribution in [2.24, 2.45) is 0 Å². The average Bonchev–Trinajstić information content (AvgIpc) is 2.18. The molecule has 0 aliphatic carbocycles. The van der Waals surface area contributed by atoms with Gasteiger partial charge in [0.1, 0.15) is 5.60 Å². The lowest BCUT2D eigenvalue weighted by Gasteiger charge is -2.33. The summed E-state index contributed by atoms with van der Waals surface area (Å²) >= 11 is 0. The molecule has 0 aromatic carbocycles. The van der Waals surface area contributed by atoms with Gasteiger partial charge in [-0.15, -0.1) is 0 Å². The molecule has 1 aromatic heterocycles. The summed E-state index contributed by atoms with van der Waals surface area (Å²) in [6.45, 7) is 5.78. The van der Waals surface area contributed by atoms with Crippen LogP contribution in [-0.4, -0.2) is 23.2 Å². The van der Waals surface area contributed by atoms with Crippen molar-refractivity contribution < 1.29 is 5.11 Å². The van der Waals surface area contributed by atoms with Gasteiger partial charge in [0.15, 0.2) is 0 Å². The molecule has 2 rings (SSSR count). The number of nitrogens with zero attached hydrogens (tertiary/aromatic N) is 1. The third kappa shape index (κ3) is 2.03.